The van der Waals surface area contributed by atoms with Gasteiger partial charge in [0.1, 0.15) is 0 Å². The molecule has 1 fully saturated rings. The number of nitrogens with one attached hydrogen (secondary N) is 1. The van der Waals surface area contributed by atoms with E-state index >= 15 is 0 Å². The number of likely N-dealkylation sites (tertiary alicyclic amines) is 1. The van der Waals surface area contributed by atoms with Crippen molar-refractivity contribution in [3.8, 4) is 11.3 Å². The van der Waals surface area contributed by atoms with E-state index in [1.807, 2.05) is 43.3 Å². The highest BCUT2D eigenvalue weighted by Gasteiger charge is 2.27. The summed E-state index contributed by atoms with van der Waals surface area (Å²) in [6.45, 7) is 2.98. The Morgan fingerprint density at radius 1 is 1.22 bits per heavy atom. The van der Waals surface area contributed by atoms with Gasteiger partial charge in [-0.1, -0.05) is 37.3 Å². The molecule has 23 heavy (non-hydrogen) atoms. The van der Waals surface area contributed by atoms with Crippen molar-refractivity contribution in [1.82, 2.24) is 15.1 Å². The molecule has 2 heterocycles. The second-order valence-corrected chi connectivity index (χ2v) is 5.88. The van der Waals surface area contributed by atoms with Crippen molar-refractivity contribution in [2.45, 2.75) is 19.4 Å². The molecule has 0 spiro atoms. The fraction of sp³-hybridized carbons (Fsp3) is 0.353. The highest BCUT2D eigenvalue weighted by atomic mass is 16.3. The number of rotatable bonds is 2. The Balaban J connectivity index is 1.63. The minimum absolute atomic E-state index is 0.226. The van der Waals surface area contributed by atoms with Crippen LogP contribution in [0.15, 0.2) is 42.5 Å². The molecule has 1 aromatic carbocycles. The number of aliphatic hydroxyl groups excluding tert-OH is 1. The maximum absolute atomic E-state index is 12.2. The molecule has 1 aromatic heterocycles. The molecule has 2 atom stereocenters. The number of amides is 2. The highest BCUT2D eigenvalue weighted by Crippen LogP contribution is 2.19. The molecule has 1 aliphatic rings. The van der Waals surface area contributed by atoms with Crippen LogP contribution in [-0.2, 0) is 0 Å². The van der Waals surface area contributed by atoms with E-state index in [-0.39, 0.29) is 11.9 Å². The summed E-state index contributed by atoms with van der Waals surface area (Å²) in [6, 6.07) is 13.0. The van der Waals surface area contributed by atoms with Gasteiger partial charge in [0.15, 0.2) is 5.82 Å². The predicted octanol–water partition coefficient (Wildman–Crippen LogP) is 2.38. The van der Waals surface area contributed by atoms with E-state index in [9.17, 15) is 9.90 Å². The van der Waals surface area contributed by atoms with Crippen LogP contribution in [0.5, 0.6) is 0 Å². The number of carbonyl (C=O) groups excluding carboxylic acids is 1. The fourth-order valence-corrected chi connectivity index (χ4v) is 2.58. The zero-order valence-electron chi connectivity index (χ0n) is 13.0. The van der Waals surface area contributed by atoms with Gasteiger partial charge in [-0.05, 0) is 24.5 Å². The summed E-state index contributed by atoms with van der Waals surface area (Å²) in [5.74, 6) is 0.631. The summed E-state index contributed by atoms with van der Waals surface area (Å²) < 4.78 is 0. The van der Waals surface area contributed by atoms with Crippen molar-refractivity contribution >= 4 is 11.8 Å². The van der Waals surface area contributed by atoms with Crippen LogP contribution in [0.4, 0.5) is 10.6 Å². The van der Waals surface area contributed by atoms with Gasteiger partial charge in [-0.3, -0.25) is 5.32 Å². The van der Waals surface area contributed by atoms with Crippen LogP contribution < -0.4 is 5.32 Å². The van der Waals surface area contributed by atoms with Gasteiger partial charge in [-0.25, -0.2) is 4.79 Å². The number of anilines is 1. The molecule has 0 saturated carbocycles. The van der Waals surface area contributed by atoms with Crippen LogP contribution in [0.2, 0.25) is 0 Å². The van der Waals surface area contributed by atoms with Crippen LogP contribution in [0.25, 0.3) is 11.3 Å². The lowest BCUT2D eigenvalue weighted by atomic mass is 9.96. The first-order valence-corrected chi connectivity index (χ1v) is 7.76. The Morgan fingerprint density at radius 3 is 2.65 bits per heavy atom. The van der Waals surface area contributed by atoms with Gasteiger partial charge in [0, 0.05) is 18.7 Å². The molecule has 2 aromatic rings. The van der Waals surface area contributed by atoms with Crippen LogP contribution in [-0.4, -0.2) is 45.4 Å². The molecule has 6 nitrogen and oxygen atoms in total. The van der Waals surface area contributed by atoms with Crippen molar-refractivity contribution in [3.63, 3.8) is 0 Å². The maximum atomic E-state index is 12.2. The molecule has 6 heteroatoms. The number of urea groups is 1. The number of hydrogen-bond acceptors (Lipinski definition) is 4. The molecule has 1 aliphatic heterocycles. The second-order valence-electron chi connectivity index (χ2n) is 5.88. The van der Waals surface area contributed by atoms with E-state index < -0.39 is 6.10 Å². The number of β-amino-alcohol motifs (C(OH)–C–C–N with tert-alkyl or cyclic N) is 1. The van der Waals surface area contributed by atoms with E-state index in [0.29, 0.717) is 18.9 Å². The average Bonchev–Trinajstić information content (AvgIpc) is 2.59. The number of aromatic nitrogens is 2. The van der Waals surface area contributed by atoms with Gasteiger partial charge in [-0.2, -0.15) is 0 Å². The maximum Gasteiger partial charge on any atom is 0.323 e. The van der Waals surface area contributed by atoms with Crippen molar-refractivity contribution in [1.29, 1.82) is 0 Å². The van der Waals surface area contributed by atoms with Gasteiger partial charge >= 0.3 is 6.03 Å². The Morgan fingerprint density at radius 2 is 2.00 bits per heavy atom. The summed E-state index contributed by atoms with van der Waals surface area (Å²) in [5.41, 5.74) is 1.73. The summed E-state index contributed by atoms with van der Waals surface area (Å²) in [7, 11) is 0. The standard InChI is InChI=1S/C17H20N4O2/c1-12-9-10-21(11-15(12)22)17(23)18-16-8-7-14(19-20-16)13-5-3-2-4-6-13/h2-8,12,15,22H,9-11H2,1H3,(H,18,20,23). The van der Waals surface area contributed by atoms with E-state index in [1.165, 1.54) is 0 Å². The van der Waals surface area contributed by atoms with Crippen LogP contribution >= 0.6 is 0 Å². The summed E-state index contributed by atoms with van der Waals surface area (Å²) in [6.07, 6.45) is 0.328. The summed E-state index contributed by atoms with van der Waals surface area (Å²) in [5, 5.41) is 20.8. The molecule has 120 valence electrons. The minimum Gasteiger partial charge on any atom is -0.391 e. The third-order valence-corrected chi connectivity index (χ3v) is 4.17. The molecule has 0 aliphatic carbocycles. The largest absolute Gasteiger partial charge is 0.391 e. The summed E-state index contributed by atoms with van der Waals surface area (Å²) in [4.78, 5) is 13.8. The number of nitrogens with zero attached hydrogens (tertiary/aromatic N) is 3. The molecular formula is C17H20N4O2. The van der Waals surface area contributed by atoms with E-state index in [0.717, 1.165) is 17.7 Å². The Bertz CT molecular complexity index is 660. The SMILES string of the molecule is CC1CCN(C(=O)Nc2ccc(-c3ccccc3)nn2)CC1O. The Kier molecular flexibility index (Phi) is 4.52. The van der Waals surface area contributed by atoms with Crippen molar-refractivity contribution in [3.05, 3.63) is 42.5 Å². The van der Waals surface area contributed by atoms with Crippen LogP contribution in [0.1, 0.15) is 13.3 Å². The van der Waals surface area contributed by atoms with E-state index in [1.54, 1.807) is 11.0 Å². The number of carbonyl (C=O) groups is 1. The van der Waals surface area contributed by atoms with E-state index in [2.05, 4.69) is 15.5 Å². The molecule has 0 radical (unpaired) electrons. The normalized spacial score (nSPS) is 21.0. The monoisotopic (exact) mass is 312 g/mol. The number of piperidine rings is 1. The first-order valence-electron chi connectivity index (χ1n) is 7.76. The number of benzene rings is 1. The Hall–Kier alpha value is -2.47. The molecule has 2 unspecified atom stereocenters. The quantitative estimate of drug-likeness (QED) is 0.892. The minimum atomic E-state index is -0.471. The predicted molar refractivity (Wildman–Crippen MR) is 87.8 cm³/mol. The first-order chi connectivity index (χ1) is 11.1. The molecule has 0 bridgehead atoms. The molecule has 2 N–H and O–H groups in total. The molecular weight excluding hydrogens is 292 g/mol. The van der Waals surface area contributed by atoms with E-state index in [4.69, 9.17) is 0 Å². The van der Waals surface area contributed by atoms with Crippen molar-refractivity contribution in [2.24, 2.45) is 5.92 Å². The third-order valence-electron chi connectivity index (χ3n) is 4.17. The van der Waals surface area contributed by atoms with Gasteiger partial charge < -0.3 is 10.0 Å². The van der Waals surface area contributed by atoms with Crippen LogP contribution in [0, 0.1) is 5.92 Å². The molecule has 1 saturated heterocycles. The molecule has 2 amide bonds. The van der Waals surface area contributed by atoms with Crippen molar-refractivity contribution in [2.75, 3.05) is 18.4 Å². The number of hydrogen-bond donors (Lipinski definition) is 2. The van der Waals surface area contributed by atoms with Gasteiger partial charge in [0.05, 0.1) is 11.8 Å². The van der Waals surface area contributed by atoms with Gasteiger partial charge in [0.25, 0.3) is 0 Å². The topological polar surface area (TPSA) is 78.4 Å². The first kappa shape index (κ1) is 15.4. The zero-order valence-corrected chi connectivity index (χ0v) is 13.0. The fourth-order valence-electron chi connectivity index (χ4n) is 2.58. The van der Waals surface area contributed by atoms with Gasteiger partial charge in [-0.15, -0.1) is 10.2 Å². The van der Waals surface area contributed by atoms with Gasteiger partial charge in [0.2, 0.25) is 0 Å². The lowest BCUT2D eigenvalue weighted by Gasteiger charge is -2.34. The molecule has 3 rings (SSSR count). The summed E-state index contributed by atoms with van der Waals surface area (Å²) >= 11 is 0. The second kappa shape index (κ2) is 6.75. The smallest absolute Gasteiger partial charge is 0.323 e. The zero-order chi connectivity index (χ0) is 16.2. The van der Waals surface area contributed by atoms with Crippen molar-refractivity contribution < 1.29 is 9.90 Å². The lowest BCUT2D eigenvalue weighted by Crippen LogP contribution is -2.47. The average molecular weight is 312 g/mol. The highest BCUT2D eigenvalue weighted by molar-refractivity contribution is 5.88. The third kappa shape index (κ3) is 3.65. The number of aliphatic hydroxyl groups is 1. The lowest BCUT2D eigenvalue weighted by molar-refractivity contribution is 0.0463. The van der Waals surface area contributed by atoms with Crippen LogP contribution in [0.3, 0.4) is 0 Å². The Labute approximate surface area is 135 Å².